The van der Waals surface area contributed by atoms with Crippen molar-refractivity contribution in [1.29, 1.82) is 0 Å². The molecule has 5 rings (SSSR count). The van der Waals surface area contributed by atoms with Crippen molar-refractivity contribution in [3.05, 3.63) is 53.7 Å². The number of carbonyl (C=O) groups excluding carboxylic acids is 1. The lowest BCUT2D eigenvalue weighted by molar-refractivity contribution is 0.0984. The van der Waals surface area contributed by atoms with Crippen LogP contribution >= 0.6 is 11.6 Å². The third-order valence-electron chi connectivity index (χ3n) is 6.57. The van der Waals surface area contributed by atoms with Gasteiger partial charge in [-0.2, -0.15) is 0 Å². The van der Waals surface area contributed by atoms with Gasteiger partial charge in [0.05, 0.1) is 38.6 Å². The zero-order chi connectivity index (χ0) is 25.6. The van der Waals surface area contributed by atoms with E-state index < -0.39 is 0 Å². The van der Waals surface area contributed by atoms with Gasteiger partial charge in [-0.3, -0.25) is 4.79 Å². The lowest BCUT2D eigenvalue weighted by Gasteiger charge is -2.20. The number of alkyl halides is 1. The Morgan fingerprint density at radius 1 is 1.03 bits per heavy atom. The van der Waals surface area contributed by atoms with Crippen molar-refractivity contribution in [2.45, 2.75) is 25.9 Å². The number of amides is 1. The number of benzene rings is 3. The fourth-order valence-corrected chi connectivity index (χ4v) is 5.34. The van der Waals surface area contributed by atoms with Crippen LogP contribution in [0, 0.1) is 0 Å². The third-order valence-corrected chi connectivity index (χ3v) is 6.95. The summed E-state index contributed by atoms with van der Waals surface area (Å²) in [4.78, 5) is 19.0. The summed E-state index contributed by atoms with van der Waals surface area (Å²) in [5.41, 5.74) is 2.98. The van der Waals surface area contributed by atoms with Gasteiger partial charge in [0.1, 0.15) is 11.4 Å². The Kier molecular flexibility index (Phi) is 6.35. The molecule has 1 N–H and O–H groups in total. The van der Waals surface area contributed by atoms with E-state index in [1.807, 2.05) is 50.2 Å². The molecule has 0 radical (unpaired) electrons. The van der Waals surface area contributed by atoms with Crippen molar-refractivity contribution in [3.63, 3.8) is 0 Å². The summed E-state index contributed by atoms with van der Waals surface area (Å²) in [5.74, 6) is 2.46. The first-order valence-corrected chi connectivity index (χ1v) is 12.4. The predicted octanol–water partition coefficient (Wildman–Crippen LogP) is 6.12. The summed E-state index contributed by atoms with van der Waals surface area (Å²) in [6.45, 7) is 4.46. The number of H-pyrrole nitrogens is 1. The number of rotatable bonds is 7. The maximum absolute atomic E-state index is 13.9. The zero-order valence-electron chi connectivity index (χ0n) is 21.0. The molecule has 0 saturated carbocycles. The van der Waals surface area contributed by atoms with Crippen LogP contribution in [0.5, 0.6) is 23.0 Å². The van der Waals surface area contributed by atoms with Crippen LogP contribution in [0.4, 0.5) is 5.69 Å². The van der Waals surface area contributed by atoms with Crippen LogP contribution in [0.2, 0.25) is 0 Å². The molecular weight excluding hydrogens is 480 g/mol. The second kappa shape index (κ2) is 9.47. The quantitative estimate of drug-likeness (QED) is 0.304. The van der Waals surface area contributed by atoms with E-state index in [-0.39, 0.29) is 17.9 Å². The molecule has 1 amide bonds. The molecule has 1 atom stereocenters. The number of carbonyl (C=O) groups is 1. The highest BCUT2D eigenvalue weighted by Crippen LogP contribution is 2.47. The van der Waals surface area contributed by atoms with Gasteiger partial charge < -0.3 is 28.8 Å². The monoisotopic (exact) mass is 508 g/mol. The van der Waals surface area contributed by atoms with Gasteiger partial charge in [-0.15, -0.1) is 11.6 Å². The first kappa shape index (κ1) is 24.1. The molecule has 3 aromatic carbocycles. The van der Waals surface area contributed by atoms with Gasteiger partial charge >= 0.3 is 0 Å². The van der Waals surface area contributed by atoms with Gasteiger partial charge in [0.2, 0.25) is 5.75 Å². The molecular formula is C28H29ClN2O5. The number of methoxy groups -OCH3 is 3. The van der Waals surface area contributed by atoms with Crippen molar-refractivity contribution < 1.29 is 23.7 Å². The van der Waals surface area contributed by atoms with Crippen molar-refractivity contribution >= 4 is 44.9 Å². The normalized spacial score (nSPS) is 15.0. The molecule has 8 heteroatoms. The van der Waals surface area contributed by atoms with Crippen LogP contribution in [-0.2, 0) is 0 Å². The van der Waals surface area contributed by atoms with E-state index in [9.17, 15) is 4.79 Å². The summed E-state index contributed by atoms with van der Waals surface area (Å²) in [5, 5.41) is 2.85. The summed E-state index contributed by atoms with van der Waals surface area (Å²) < 4.78 is 22.7. The van der Waals surface area contributed by atoms with E-state index in [0.717, 1.165) is 33.2 Å². The van der Waals surface area contributed by atoms with Gasteiger partial charge in [0.25, 0.3) is 5.91 Å². The van der Waals surface area contributed by atoms with Crippen LogP contribution in [0.3, 0.4) is 0 Å². The molecule has 0 fully saturated rings. The molecule has 2 heterocycles. The van der Waals surface area contributed by atoms with Gasteiger partial charge in [0, 0.05) is 35.2 Å². The Balaban J connectivity index is 1.65. The van der Waals surface area contributed by atoms with Crippen LogP contribution in [0.15, 0.2) is 42.5 Å². The second-order valence-corrected chi connectivity index (χ2v) is 9.39. The Bertz CT molecular complexity index is 1460. The summed E-state index contributed by atoms with van der Waals surface area (Å²) >= 11 is 6.43. The summed E-state index contributed by atoms with van der Waals surface area (Å²) in [6.07, 6.45) is -0.00744. The van der Waals surface area contributed by atoms with Crippen LogP contribution in [-0.4, -0.2) is 50.7 Å². The van der Waals surface area contributed by atoms with E-state index in [1.54, 1.807) is 26.2 Å². The van der Waals surface area contributed by atoms with Crippen molar-refractivity contribution in [1.82, 2.24) is 4.98 Å². The SMILES string of the molecule is COc1cc2cc(C(=O)N3C[C@@H](CCl)c4c3cc(OC(C)C)c3ccccc43)[nH]c2c(OC)c1OC. The van der Waals surface area contributed by atoms with E-state index in [1.165, 1.54) is 0 Å². The number of hydrogen-bond acceptors (Lipinski definition) is 5. The fraction of sp³-hybridized carbons (Fsp3) is 0.321. The topological polar surface area (TPSA) is 73.0 Å². The Morgan fingerprint density at radius 2 is 1.75 bits per heavy atom. The molecule has 188 valence electrons. The molecule has 0 saturated heterocycles. The van der Waals surface area contributed by atoms with Gasteiger partial charge in [0.15, 0.2) is 11.5 Å². The lowest BCUT2D eigenvalue weighted by atomic mass is 9.95. The van der Waals surface area contributed by atoms with Crippen molar-refractivity contribution in [2.24, 2.45) is 0 Å². The molecule has 1 aliphatic rings. The van der Waals surface area contributed by atoms with E-state index in [2.05, 4.69) is 11.1 Å². The van der Waals surface area contributed by atoms with Gasteiger partial charge in [-0.25, -0.2) is 0 Å². The largest absolute Gasteiger partial charge is 0.493 e. The summed E-state index contributed by atoms with van der Waals surface area (Å²) in [6, 6.07) is 13.7. The number of nitrogens with zero attached hydrogens (tertiary/aromatic N) is 1. The van der Waals surface area contributed by atoms with Crippen molar-refractivity contribution in [2.75, 3.05) is 38.7 Å². The standard InChI is InChI=1S/C28H29ClN2O5/c1-15(2)36-22-12-21-24(19-9-7-6-8-18(19)22)17(13-29)14-31(21)28(32)20-10-16-11-23(33-3)26(34-4)27(35-5)25(16)30-20/h6-12,15,17,30H,13-14H2,1-5H3/t17-/m1/s1. The van der Waals surface area contributed by atoms with E-state index in [0.29, 0.717) is 40.9 Å². The Labute approximate surface area is 214 Å². The van der Waals surface area contributed by atoms with Crippen LogP contribution in [0.1, 0.15) is 35.8 Å². The maximum atomic E-state index is 13.9. The minimum Gasteiger partial charge on any atom is -0.493 e. The Morgan fingerprint density at radius 3 is 2.39 bits per heavy atom. The maximum Gasteiger partial charge on any atom is 0.274 e. The molecule has 1 aliphatic heterocycles. The molecule has 36 heavy (non-hydrogen) atoms. The summed E-state index contributed by atoms with van der Waals surface area (Å²) in [7, 11) is 4.68. The van der Waals surface area contributed by atoms with Crippen molar-refractivity contribution in [3.8, 4) is 23.0 Å². The molecule has 4 aromatic rings. The number of hydrogen-bond donors (Lipinski definition) is 1. The minimum atomic E-state index is -0.161. The molecule has 0 unspecified atom stereocenters. The van der Waals surface area contributed by atoms with E-state index >= 15 is 0 Å². The number of ether oxygens (including phenoxy) is 4. The number of aromatic amines is 1. The predicted molar refractivity (Wildman–Crippen MR) is 143 cm³/mol. The number of nitrogens with one attached hydrogen (secondary N) is 1. The molecule has 1 aromatic heterocycles. The average molecular weight is 509 g/mol. The second-order valence-electron chi connectivity index (χ2n) is 9.08. The highest BCUT2D eigenvalue weighted by atomic mass is 35.5. The highest BCUT2D eigenvalue weighted by Gasteiger charge is 2.36. The number of aromatic nitrogens is 1. The number of halogens is 1. The van der Waals surface area contributed by atoms with Crippen LogP contribution in [0.25, 0.3) is 21.7 Å². The number of fused-ring (bicyclic) bond motifs is 4. The third kappa shape index (κ3) is 3.78. The number of anilines is 1. The molecule has 0 bridgehead atoms. The van der Waals surface area contributed by atoms with E-state index in [4.69, 9.17) is 30.5 Å². The highest BCUT2D eigenvalue weighted by molar-refractivity contribution is 6.19. The smallest absolute Gasteiger partial charge is 0.274 e. The van der Waals surface area contributed by atoms with Gasteiger partial charge in [-0.1, -0.05) is 24.3 Å². The molecule has 0 aliphatic carbocycles. The minimum absolute atomic E-state index is 0.00252. The van der Waals surface area contributed by atoms with Crippen LogP contribution < -0.4 is 23.8 Å². The Hall–Kier alpha value is -3.58. The zero-order valence-corrected chi connectivity index (χ0v) is 21.7. The first-order valence-electron chi connectivity index (χ1n) is 11.8. The lowest BCUT2D eigenvalue weighted by Crippen LogP contribution is -2.30. The first-order chi connectivity index (χ1) is 17.4. The molecule has 7 nitrogen and oxygen atoms in total. The van der Waals surface area contributed by atoms with Gasteiger partial charge in [-0.05, 0) is 36.9 Å². The fourth-order valence-electron chi connectivity index (χ4n) is 5.09. The average Bonchev–Trinajstić information content (AvgIpc) is 3.48. The molecule has 0 spiro atoms.